The molecule has 2 rings (SSSR count). The fourth-order valence-corrected chi connectivity index (χ4v) is 1.47. The van der Waals surface area contributed by atoms with Crippen LogP contribution in [0, 0.1) is 0 Å². The highest BCUT2D eigenvalue weighted by molar-refractivity contribution is 5.15. The molecule has 0 unspecified atom stereocenters. The molecule has 0 saturated heterocycles. The molecule has 6 heteroatoms. The van der Waals surface area contributed by atoms with E-state index in [4.69, 9.17) is 5.11 Å². The Hall–Kier alpha value is -1.82. The van der Waals surface area contributed by atoms with Crippen molar-refractivity contribution in [1.29, 1.82) is 0 Å². The molecule has 0 atom stereocenters. The van der Waals surface area contributed by atoms with Crippen LogP contribution in [0.1, 0.15) is 31.1 Å². The van der Waals surface area contributed by atoms with Crippen molar-refractivity contribution in [2.24, 2.45) is 0 Å². The van der Waals surface area contributed by atoms with E-state index < -0.39 is 0 Å². The van der Waals surface area contributed by atoms with E-state index in [0.29, 0.717) is 11.5 Å². The Balaban J connectivity index is 2.40. The van der Waals surface area contributed by atoms with Crippen molar-refractivity contribution >= 4 is 0 Å². The van der Waals surface area contributed by atoms with Crippen molar-refractivity contribution in [3.05, 3.63) is 29.6 Å². The van der Waals surface area contributed by atoms with Crippen LogP contribution in [0.25, 0.3) is 5.95 Å². The summed E-state index contributed by atoms with van der Waals surface area (Å²) in [7, 11) is 0. The third-order valence-electron chi connectivity index (χ3n) is 2.41. The summed E-state index contributed by atoms with van der Waals surface area (Å²) < 4.78 is 1.65. The molecule has 6 nitrogen and oxygen atoms in total. The topological polar surface area (TPSA) is 76.7 Å². The highest BCUT2D eigenvalue weighted by atomic mass is 16.3. The lowest BCUT2D eigenvalue weighted by Crippen LogP contribution is -2.07. The van der Waals surface area contributed by atoms with Crippen LogP contribution in [0.3, 0.4) is 0 Å². The Morgan fingerprint density at radius 3 is 2.41 bits per heavy atom. The van der Waals surface area contributed by atoms with E-state index in [1.807, 2.05) is 13.8 Å². The van der Waals surface area contributed by atoms with Gasteiger partial charge in [-0.1, -0.05) is 13.8 Å². The summed E-state index contributed by atoms with van der Waals surface area (Å²) in [6.45, 7) is 3.97. The summed E-state index contributed by atoms with van der Waals surface area (Å²) in [5.74, 6) is 2.13. The van der Waals surface area contributed by atoms with Gasteiger partial charge in [-0.05, 0) is 0 Å². The van der Waals surface area contributed by atoms with Gasteiger partial charge >= 0.3 is 0 Å². The summed E-state index contributed by atoms with van der Waals surface area (Å²) in [5, 5.41) is 13.3. The van der Waals surface area contributed by atoms with Crippen LogP contribution in [0.15, 0.2) is 12.4 Å². The van der Waals surface area contributed by atoms with E-state index in [0.717, 1.165) is 24.5 Å². The van der Waals surface area contributed by atoms with Crippen LogP contribution in [-0.2, 0) is 19.4 Å². The number of hydrogen-bond donors (Lipinski definition) is 1. The zero-order chi connectivity index (χ0) is 12.3. The van der Waals surface area contributed by atoms with E-state index in [1.54, 1.807) is 17.1 Å². The van der Waals surface area contributed by atoms with E-state index >= 15 is 0 Å². The number of rotatable bonds is 4. The lowest BCUT2D eigenvalue weighted by atomic mass is 10.4. The predicted octanol–water partition coefficient (Wildman–Crippen LogP) is 0.674. The second kappa shape index (κ2) is 5.01. The normalized spacial score (nSPS) is 10.8. The first kappa shape index (κ1) is 11.7. The van der Waals surface area contributed by atoms with Gasteiger partial charge in [-0.2, -0.15) is 4.68 Å². The summed E-state index contributed by atoms with van der Waals surface area (Å²) in [6, 6.07) is 0. The van der Waals surface area contributed by atoms with E-state index in [9.17, 15) is 0 Å². The molecule has 0 aliphatic carbocycles. The second-order valence-electron chi connectivity index (χ2n) is 3.61. The Kier molecular flexibility index (Phi) is 3.43. The van der Waals surface area contributed by atoms with Crippen LogP contribution < -0.4 is 0 Å². The Bertz CT molecular complexity index is 491. The first-order valence-electron chi connectivity index (χ1n) is 5.65. The van der Waals surface area contributed by atoms with Gasteiger partial charge in [0.15, 0.2) is 5.82 Å². The van der Waals surface area contributed by atoms with Crippen molar-refractivity contribution in [2.45, 2.75) is 33.3 Å². The average Bonchev–Trinajstić information content (AvgIpc) is 2.82. The molecule has 0 saturated carbocycles. The molecule has 0 aliphatic heterocycles. The van der Waals surface area contributed by atoms with Crippen molar-refractivity contribution < 1.29 is 5.11 Å². The first-order chi connectivity index (χ1) is 8.28. The van der Waals surface area contributed by atoms with Crippen molar-refractivity contribution in [2.75, 3.05) is 0 Å². The number of aliphatic hydroxyl groups excluding tert-OH is 1. The maximum absolute atomic E-state index is 8.93. The molecular weight excluding hydrogens is 218 g/mol. The molecule has 2 aromatic rings. The van der Waals surface area contributed by atoms with Gasteiger partial charge < -0.3 is 5.11 Å². The van der Waals surface area contributed by atoms with Crippen LogP contribution in [-0.4, -0.2) is 29.8 Å². The molecule has 2 heterocycles. The largest absolute Gasteiger partial charge is 0.392 e. The van der Waals surface area contributed by atoms with Gasteiger partial charge in [-0.25, -0.2) is 15.0 Å². The lowest BCUT2D eigenvalue weighted by Gasteiger charge is -2.02. The SMILES string of the molecule is CCc1nc(CC)n(-c2ncc(CO)cn2)n1. The minimum absolute atomic E-state index is 0.0571. The van der Waals surface area contributed by atoms with Crippen LogP contribution in [0.5, 0.6) is 0 Å². The molecule has 0 aliphatic rings. The molecule has 1 N–H and O–H groups in total. The number of nitrogens with zero attached hydrogens (tertiary/aromatic N) is 5. The zero-order valence-corrected chi connectivity index (χ0v) is 9.96. The van der Waals surface area contributed by atoms with Crippen molar-refractivity contribution in [3.8, 4) is 5.95 Å². The average molecular weight is 233 g/mol. The summed E-state index contributed by atoms with van der Waals surface area (Å²) >= 11 is 0. The molecule has 0 fully saturated rings. The highest BCUT2D eigenvalue weighted by Gasteiger charge is 2.10. The quantitative estimate of drug-likeness (QED) is 0.840. The maximum atomic E-state index is 8.93. The molecule has 0 amide bonds. The molecular formula is C11H15N5O. The Morgan fingerprint density at radius 1 is 1.18 bits per heavy atom. The monoisotopic (exact) mass is 233 g/mol. The highest BCUT2D eigenvalue weighted by Crippen LogP contribution is 2.07. The summed E-state index contributed by atoms with van der Waals surface area (Å²) in [5.41, 5.74) is 0.683. The van der Waals surface area contributed by atoms with Crippen molar-refractivity contribution in [3.63, 3.8) is 0 Å². The Morgan fingerprint density at radius 2 is 1.88 bits per heavy atom. The van der Waals surface area contributed by atoms with Crippen LogP contribution >= 0.6 is 0 Å². The van der Waals surface area contributed by atoms with E-state index in [1.165, 1.54) is 0 Å². The molecule has 0 aromatic carbocycles. The van der Waals surface area contributed by atoms with Gasteiger partial charge in [0.1, 0.15) is 5.82 Å². The molecule has 17 heavy (non-hydrogen) atoms. The fraction of sp³-hybridized carbons (Fsp3) is 0.455. The first-order valence-corrected chi connectivity index (χ1v) is 5.65. The van der Waals surface area contributed by atoms with Gasteiger partial charge in [0.2, 0.25) is 0 Å². The minimum Gasteiger partial charge on any atom is -0.392 e. The van der Waals surface area contributed by atoms with Gasteiger partial charge in [0, 0.05) is 30.8 Å². The summed E-state index contributed by atoms with van der Waals surface area (Å²) in [6.07, 6.45) is 4.75. The van der Waals surface area contributed by atoms with Gasteiger partial charge in [-0.3, -0.25) is 0 Å². The van der Waals surface area contributed by atoms with E-state index in [-0.39, 0.29) is 6.61 Å². The zero-order valence-electron chi connectivity index (χ0n) is 9.96. The third kappa shape index (κ3) is 2.31. The fourth-order valence-electron chi connectivity index (χ4n) is 1.47. The summed E-state index contributed by atoms with van der Waals surface area (Å²) in [4.78, 5) is 12.7. The van der Waals surface area contributed by atoms with Crippen LogP contribution in [0.2, 0.25) is 0 Å². The number of aromatic nitrogens is 5. The number of aryl methyl sites for hydroxylation is 2. The molecule has 2 aromatic heterocycles. The van der Waals surface area contributed by atoms with Gasteiger partial charge in [-0.15, -0.1) is 5.10 Å². The Labute approximate surface area is 99.4 Å². The molecule has 0 radical (unpaired) electrons. The van der Waals surface area contributed by atoms with Gasteiger partial charge in [0.05, 0.1) is 6.61 Å². The third-order valence-corrected chi connectivity index (χ3v) is 2.41. The number of aliphatic hydroxyl groups is 1. The van der Waals surface area contributed by atoms with E-state index in [2.05, 4.69) is 20.1 Å². The standard InChI is InChI=1S/C11H15N5O/c1-3-9-14-10(4-2)16(15-9)11-12-5-8(7-17)6-13-11/h5-6,17H,3-4,7H2,1-2H3. The smallest absolute Gasteiger partial charge is 0.252 e. The predicted molar refractivity (Wildman–Crippen MR) is 61.6 cm³/mol. The van der Waals surface area contributed by atoms with Crippen molar-refractivity contribution in [1.82, 2.24) is 24.7 Å². The van der Waals surface area contributed by atoms with Gasteiger partial charge in [0.25, 0.3) is 5.95 Å². The lowest BCUT2D eigenvalue weighted by molar-refractivity contribution is 0.281. The minimum atomic E-state index is -0.0571. The second-order valence-corrected chi connectivity index (χ2v) is 3.61. The maximum Gasteiger partial charge on any atom is 0.252 e. The molecule has 90 valence electrons. The van der Waals surface area contributed by atoms with Crippen LogP contribution in [0.4, 0.5) is 0 Å². The molecule has 0 spiro atoms. The molecule has 0 bridgehead atoms. The number of hydrogen-bond acceptors (Lipinski definition) is 5.